The zero-order valence-corrected chi connectivity index (χ0v) is 11.1. The van der Waals surface area contributed by atoms with Crippen molar-refractivity contribution in [2.45, 2.75) is 26.7 Å². The lowest BCUT2D eigenvalue weighted by Crippen LogP contribution is -1.93. The molecule has 94 valence electrons. The van der Waals surface area contributed by atoms with E-state index in [0.717, 1.165) is 35.2 Å². The van der Waals surface area contributed by atoms with Crippen molar-refractivity contribution >= 4 is 5.78 Å². The molecule has 0 atom stereocenters. The van der Waals surface area contributed by atoms with Gasteiger partial charge in [0.05, 0.1) is 5.69 Å². The second-order valence-corrected chi connectivity index (χ2v) is 4.55. The average Bonchev–Trinajstić information content (AvgIpc) is 2.71. The Bertz CT molecular complexity index is 570. The first-order valence-corrected chi connectivity index (χ1v) is 6.25. The highest BCUT2D eigenvalue weighted by molar-refractivity contribution is 5.95. The first-order chi connectivity index (χ1) is 8.61. The molecule has 0 fully saturated rings. The monoisotopic (exact) mass is 242 g/mol. The van der Waals surface area contributed by atoms with Crippen LogP contribution in [-0.2, 0) is 13.5 Å². The fourth-order valence-corrected chi connectivity index (χ4v) is 2.10. The Balaban J connectivity index is 2.47. The Labute approximate surface area is 107 Å². The molecule has 1 aromatic carbocycles. The van der Waals surface area contributed by atoms with E-state index in [1.54, 1.807) is 6.92 Å². The van der Waals surface area contributed by atoms with E-state index >= 15 is 0 Å². The van der Waals surface area contributed by atoms with Crippen LogP contribution in [0.1, 0.15) is 36.3 Å². The third-order valence-corrected chi connectivity index (χ3v) is 2.97. The van der Waals surface area contributed by atoms with E-state index in [4.69, 9.17) is 0 Å². The summed E-state index contributed by atoms with van der Waals surface area (Å²) in [5, 5.41) is 4.48. The third kappa shape index (κ3) is 2.50. The first-order valence-electron chi connectivity index (χ1n) is 6.25. The number of aryl methyl sites for hydroxylation is 2. The lowest BCUT2D eigenvalue weighted by molar-refractivity contribution is 0.101. The summed E-state index contributed by atoms with van der Waals surface area (Å²) in [4.78, 5) is 11.4. The largest absolute Gasteiger partial charge is 0.295 e. The van der Waals surface area contributed by atoms with E-state index in [2.05, 4.69) is 12.0 Å². The minimum absolute atomic E-state index is 0.0952. The van der Waals surface area contributed by atoms with Gasteiger partial charge in [-0.1, -0.05) is 31.5 Å². The summed E-state index contributed by atoms with van der Waals surface area (Å²) in [6, 6.07) is 7.75. The van der Waals surface area contributed by atoms with Crippen molar-refractivity contribution in [3.8, 4) is 11.1 Å². The average molecular weight is 242 g/mol. The summed E-state index contributed by atoms with van der Waals surface area (Å²) in [6.45, 7) is 3.74. The predicted octanol–water partition coefficient (Wildman–Crippen LogP) is 3.24. The van der Waals surface area contributed by atoms with Gasteiger partial charge in [-0.15, -0.1) is 0 Å². The molecular weight excluding hydrogens is 224 g/mol. The summed E-state index contributed by atoms with van der Waals surface area (Å²) in [7, 11) is 1.93. The van der Waals surface area contributed by atoms with Crippen molar-refractivity contribution in [2.24, 2.45) is 7.05 Å². The van der Waals surface area contributed by atoms with E-state index in [1.807, 2.05) is 42.2 Å². The number of hydrogen-bond acceptors (Lipinski definition) is 2. The van der Waals surface area contributed by atoms with Gasteiger partial charge in [0.2, 0.25) is 0 Å². The summed E-state index contributed by atoms with van der Waals surface area (Å²) < 4.78 is 1.83. The predicted molar refractivity (Wildman–Crippen MR) is 72.6 cm³/mol. The van der Waals surface area contributed by atoms with E-state index < -0.39 is 0 Å². The Kier molecular flexibility index (Phi) is 3.60. The van der Waals surface area contributed by atoms with Gasteiger partial charge in [0.25, 0.3) is 0 Å². The molecule has 0 saturated carbocycles. The lowest BCUT2D eigenvalue weighted by Gasteiger charge is -2.03. The molecule has 0 aliphatic carbocycles. The molecule has 0 spiro atoms. The van der Waals surface area contributed by atoms with Gasteiger partial charge in [-0.3, -0.25) is 9.48 Å². The van der Waals surface area contributed by atoms with Gasteiger partial charge in [0, 0.05) is 24.4 Å². The van der Waals surface area contributed by atoms with Crippen LogP contribution >= 0.6 is 0 Å². The van der Waals surface area contributed by atoms with Crippen LogP contribution in [0.5, 0.6) is 0 Å². The maximum atomic E-state index is 11.4. The smallest absolute Gasteiger partial charge is 0.159 e. The SMILES string of the molecule is CCCc1nn(C)cc1-c1cccc(C(C)=O)c1. The second-order valence-electron chi connectivity index (χ2n) is 4.55. The highest BCUT2D eigenvalue weighted by atomic mass is 16.1. The maximum absolute atomic E-state index is 11.4. The Morgan fingerprint density at radius 3 is 2.83 bits per heavy atom. The Hall–Kier alpha value is -1.90. The Morgan fingerprint density at radius 2 is 2.17 bits per heavy atom. The van der Waals surface area contributed by atoms with Crippen molar-refractivity contribution in [1.29, 1.82) is 0 Å². The summed E-state index contributed by atoms with van der Waals surface area (Å²) in [5.41, 5.74) is 4.04. The molecule has 0 unspecified atom stereocenters. The van der Waals surface area contributed by atoms with Gasteiger partial charge in [-0.2, -0.15) is 5.10 Å². The zero-order chi connectivity index (χ0) is 13.1. The molecule has 0 bridgehead atoms. The molecule has 1 aromatic heterocycles. The summed E-state index contributed by atoms with van der Waals surface area (Å²) >= 11 is 0. The number of carbonyl (C=O) groups is 1. The molecule has 0 aliphatic rings. The molecule has 18 heavy (non-hydrogen) atoms. The van der Waals surface area contributed by atoms with Gasteiger partial charge in [-0.05, 0) is 25.0 Å². The van der Waals surface area contributed by atoms with Crippen LogP contribution in [-0.4, -0.2) is 15.6 Å². The van der Waals surface area contributed by atoms with Crippen LogP contribution in [0.15, 0.2) is 30.5 Å². The molecule has 0 saturated heterocycles. The van der Waals surface area contributed by atoms with Gasteiger partial charge in [-0.25, -0.2) is 0 Å². The van der Waals surface area contributed by atoms with Crippen LogP contribution in [0.2, 0.25) is 0 Å². The van der Waals surface area contributed by atoms with Crippen LogP contribution in [0.4, 0.5) is 0 Å². The van der Waals surface area contributed by atoms with Crippen LogP contribution in [0, 0.1) is 0 Å². The second kappa shape index (κ2) is 5.17. The first kappa shape index (κ1) is 12.6. The molecule has 0 radical (unpaired) electrons. The molecule has 1 heterocycles. The fraction of sp³-hybridized carbons (Fsp3) is 0.333. The highest BCUT2D eigenvalue weighted by Crippen LogP contribution is 2.24. The van der Waals surface area contributed by atoms with E-state index in [0.29, 0.717) is 0 Å². The van der Waals surface area contributed by atoms with Crippen LogP contribution in [0.25, 0.3) is 11.1 Å². The molecule has 0 N–H and O–H groups in total. The number of Topliss-reactive ketones (excluding diaryl/α,β-unsaturated/α-hetero) is 1. The molecule has 0 amide bonds. The molecule has 3 heteroatoms. The quantitative estimate of drug-likeness (QED) is 0.771. The van der Waals surface area contributed by atoms with Crippen molar-refractivity contribution in [3.63, 3.8) is 0 Å². The number of hydrogen-bond donors (Lipinski definition) is 0. The maximum Gasteiger partial charge on any atom is 0.159 e. The fourth-order valence-electron chi connectivity index (χ4n) is 2.10. The number of carbonyl (C=O) groups excluding carboxylic acids is 1. The summed E-state index contributed by atoms with van der Waals surface area (Å²) in [5.74, 6) is 0.0952. The van der Waals surface area contributed by atoms with Crippen LogP contribution in [0.3, 0.4) is 0 Å². The minimum Gasteiger partial charge on any atom is -0.295 e. The number of ketones is 1. The van der Waals surface area contributed by atoms with Gasteiger partial charge in [0.1, 0.15) is 0 Å². The van der Waals surface area contributed by atoms with Gasteiger partial charge in [0.15, 0.2) is 5.78 Å². The van der Waals surface area contributed by atoms with Gasteiger partial charge >= 0.3 is 0 Å². The van der Waals surface area contributed by atoms with Crippen molar-refractivity contribution in [1.82, 2.24) is 9.78 Å². The van der Waals surface area contributed by atoms with Gasteiger partial charge < -0.3 is 0 Å². The Morgan fingerprint density at radius 1 is 1.39 bits per heavy atom. The number of rotatable bonds is 4. The third-order valence-electron chi connectivity index (χ3n) is 2.97. The van der Waals surface area contributed by atoms with E-state index in [-0.39, 0.29) is 5.78 Å². The molecule has 3 nitrogen and oxygen atoms in total. The topological polar surface area (TPSA) is 34.9 Å². The normalized spacial score (nSPS) is 10.6. The minimum atomic E-state index is 0.0952. The lowest BCUT2D eigenvalue weighted by atomic mass is 10.0. The molecule has 2 rings (SSSR count). The van der Waals surface area contributed by atoms with Crippen molar-refractivity contribution in [3.05, 3.63) is 41.7 Å². The number of aromatic nitrogens is 2. The highest BCUT2D eigenvalue weighted by Gasteiger charge is 2.10. The van der Waals surface area contributed by atoms with E-state index in [1.165, 1.54) is 0 Å². The number of benzene rings is 1. The summed E-state index contributed by atoms with van der Waals surface area (Å²) in [6.07, 6.45) is 4.04. The molecular formula is C15H18N2O. The van der Waals surface area contributed by atoms with Crippen LogP contribution < -0.4 is 0 Å². The molecule has 2 aromatic rings. The zero-order valence-electron chi connectivity index (χ0n) is 11.1. The van der Waals surface area contributed by atoms with Crippen molar-refractivity contribution < 1.29 is 4.79 Å². The van der Waals surface area contributed by atoms with E-state index in [9.17, 15) is 4.79 Å². The number of nitrogens with zero attached hydrogens (tertiary/aromatic N) is 2. The van der Waals surface area contributed by atoms with Crippen molar-refractivity contribution in [2.75, 3.05) is 0 Å². The standard InChI is InChI=1S/C15H18N2O/c1-4-6-15-14(10-17(3)16-15)13-8-5-7-12(9-13)11(2)18/h5,7-10H,4,6H2,1-3H3. The molecule has 0 aliphatic heterocycles.